The van der Waals surface area contributed by atoms with Crippen molar-refractivity contribution in [1.82, 2.24) is 4.98 Å². The Morgan fingerprint density at radius 1 is 1.00 bits per heavy atom. The molecule has 3 aromatic carbocycles. The van der Waals surface area contributed by atoms with Crippen molar-refractivity contribution in [3.8, 4) is 17.2 Å². The summed E-state index contributed by atoms with van der Waals surface area (Å²) >= 11 is 3.47. The molecule has 12 nitrogen and oxygen atoms in total. The first-order valence-electron chi connectivity index (χ1n) is 14.0. The minimum atomic E-state index is -2.18. The summed E-state index contributed by atoms with van der Waals surface area (Å²) in [6.07, 6.45) is 1.84. The van der Waals surface area contributed by atoms with Crippen LogP contribution in [0.4, 0.5) is 4.39 Å². The number of rotatable bonds is 5. The monoisotopic (exact) mass is 702 g/mol. The summed E-state index contributed by atoms with van der Waals surface area (Å²) in [4.78, 5) is 75.3. The molecule has 1 atom stereocenters. The smallest absolute Gasteiger partial charge is 0.260 e. The number of halogens is 2. The van der Waals surface area contributed by atoms with Gasteiger partial charge in [0.15, 0.2) is 23.1 Å². The fraction of sp³-hybridized carbons (Fsp3) is 0.152. The number of carbonyl (C=O) groups is 4. The highest BCUT2D eigenvalue weighted by Crippen LogP contribution is 2.58. The lowest BCUT2D eigenvalue weighted by atomic mass is 9.76. The summed E-state index contributed by atoms with van der Waals surface area (Å²) in [5.74, 6) is -7.41. The van der Waals surface area contributed by atoms with Crippen LogP contribution in [0.1, 0.15) is 70.2 Å². The summed E-state index contributed by atoms with van der Waals surface area (Å²) < 4.78 is 18.6. The van der Waals surface area contributed by atoms with Gasteiger partial charge in [-0.05, 0) is 58.1 Å². The van der Waals surface area contributed by atoms with Gasteiger partial charge < -0.3 is 29.9 Å². The summed E-state index contributed by atoms with van der Waals surface area (Å²) in [6, 6.07) is 7.22. The molecule has 7 rings (SSSR count). The van der Waals surface area contributed by atoms with Crippen molar-refractivity contribution in [1.29, 1.82) is 0 Å². The maximum atomic E-state index is 14.2. The minimum Gasteiger partial charge on any atom is -0.507 e. The molecule has 0 unspecified atom stereocenters. The number of allylic oxidation sites excluding steroid dienone is 2. The van der Waals surface area contributed by atoms with E-state index in [1.165, 1.54) is 30.5 Å². The van der Waals surface area contributed by atoms with Crippen molar-refractivity contribution in [3.05, 3.63) is 107 Å². The second-order valence-corrected chi connectivity index (χ2v) is 12.0. The molecular weight excluding hydrogens is 683 g/mol. The number of pyridine rings is 1. The van der Waals surface area contributed by atoms with E-state index in [1.807, 2.05) is 0 Å². The molecule has 0 bridgehead atoms. The second kappa shape index (κ2) is 10.5. The van der Waals surface area contributed by atoms with Gasteiger partial charge in [0.1, 0.15) is 35.1 Å². The van der Waals surface area contributed by atoms with Crippen LogP contribution in [0.2, 0.25) is 0 Å². The normalized spacial score (nSPS) is 18.2. The third-order valence-electron chi connectivity index (χ3n) is 8.75. The van der Waals surface area contributed by atoms with E-state index in [1.54, 1.807) is 6.07 Å². The first-order chi connectivity index (χ1) is 22.4. The van der Waals surface area contributed by atoms with Crippen LogP contribution < -0.4 is 5.56 Å². The molecule has 0 saturated heterocycles. The van der Waals surface area contributed by atoms with Crippen molar-refractivity contribution < 1.29 is 48.5 Å². The van der Waals surface area contributed by atoms with Crippen LogP contribution in [0.5, 0.6) is 17.2 Å². The minimum absolute atomic E-state index is 0.0446. The molecule has 47 heavy (non-hydrogen) atoms. The zero-order valence-electron chi connectivity index (χ0n) is 24.1. The molecule has 0 saturated carbocycles. The van der Waals surface area contributed by atoms with Gasteiger partial charge in [0, 0.05) is 21.5 Å². The predicted molar refractivity (Wildman–Crippen MR) is 165 cm³/mol. The fourth-order valence-corrected chi connectivity index (χ4v) is 7.41. The van der Waals surface area contributed by atoms with Crippen molar-refractivity contribution >= 4 is 56.0 Å². The number of ketones is 4. The number of aromatic hydroxyl groups is 3. The lowest BCUT2D eigenvalue weighted by Crippen LogP contribution is -2.36. The average molecular weight is 703 g/mol. The van der Waals surface area contributed by atoms with E-state index in [4.69, 9.17) is 9.57 Å². The average Bonchev–Trinajstić information content (AvgIpc) is 3.55. The van der Waals surface area contributed by atoms with Gasteiger partial charge in [0.2, 0.25) is 5.78 Å². The van der Waals surface area contributed by atoms with Crippen LogP contribution in [0, 0.1) is 5.82 Å². The number of hydrogen-bond donors (Lipinski definition) is 4. The van der Waals surface area contributed by atoms with Gasteiger partial charge in [0.25, 0.3) is 5.56 Å². The Labute approximate surface area is 270 Å². The maximum absolute atomic E-state index is 14.2. The van der Waals surface area contributed by atoms with Crippen LogP contribution >= 0.6 is 15.9 Å². The van der Waals surface area contributed by atoms with Crippen LogP contribution in [0.15, 0.2) is 56.6 Å². The van der Waals surface area contributed by atoms with E-state index < -0.39 is 85.2 Å². The van der Waals surface area contributed by atoms with E-state index in [9.17, 15) is 43.7 Å². The first kappa shape index (κ1) is 30.0. The number of benzene rings is 3. The Morgan fingerprint density at radius 3 is 2.38 bits per heavy atom. The van der Waals surface area contributed by atoms with Crippen LogP contribution in [0.25, 0.3) is 10.8 Å². The number of carbonyl (C=O) groups excluding carboxylic acids is 4. The molecule has 14 heteroatoms. The molecule has 0 fully saturated rings. The zero-order chi connectivity index (χ0) is 33.5. The molecule has 4 N–H and O–H groups in total. The van der Waals surface area contributed by atoms with E-state index in [-0.39, 0.29) is 41.5 Å². The van der Waals surface area contributed by atoms with Crippen molar-refractivity contribution in [2.75, 3.05) is 7.11 Å². The van der Waals surface area contributed by atoms with Crippen molar-refractivity contribution in [2.45, 2.75) is 24.9 Å². The molecule has 0 aliphatic heterocycles. The van der Waals surface area contributed by atoms with Gasteiger partial charge >= 0.3 is 0 Å². The second-order valence-electron chi connectivity index (χ2n) is 11.2. The number of aromatic amines is 1. The Hall–Kier alpha value is -5.63. The molecule has 1 spiro atoms. The number of H-pyrrole nitrogens is 1. The highest BCUT2D eigenvalue weighted by molar-refractivity contribution is 9.10. The summed E-state index contributed by atoms with van der Waals surface area (Å²) in [5, 5.41) is 37.7. The first-order valence-corrected chi connectivity index (χ1v) is 14.8. The molecule has 236 valence electrons. The molecule has 3 aliphatic carbocycles. The van der Waals surface area contributed by atoms with Gasteiger partial charge in [0.05, 0.1) is 46.7 Å². The van der Waals surface area contributed by atoms with Crippen molar-refractivity contribution in [3.63, 3.8) is 0 Å². The third-order valence-corrected chi connectivity index (χ3v) is 9.66. The SMILES string of the molecule is COC1=CC(=O)c2c(O)c3c(c(O)c2C1=O)C(=O)[C@]1(CCc2c1c(O)c1c(=O)[nH]c(/C=N/OCc4cccc(F)c4)cc1c2Br)C3=O. The number of aromatic nitrogens is 1. The number of nitrogens with one attached hydrogen (secondary N) is 1. The third kappa shape index (κ3) is 4.03. The summed E-state index contributed by atoms with van der Waals surface area (Å²) in [5.41, 5.74) is -4.83. The molecule has 1 heterocycles. The highest BCUT2D eigenvalue weighted by atomic mass is 79.9. The van der Waals surface area contributed by atoms with E-state index in [2.05, 4.69) is 26.1 Å². The number of ether oxygens (including phenoxy) is 1. The van der Waals surface area contributed by atoms with E-state index in [0.717, 1.165) is 13.2 Å². The number of phenolic OH excluding ortho intramolecular Hbond substituents is 3. The fourth-order valence-electron chi connectivity index (χ4n) is 6.70. The van der Waals surface area contributed by atoms with Gasteiger partial charge in [-0.2, -0.15) is 0 Å². The van der Waals surface area contributed by atoms with Crippen molar-refractivity contribution in [2.24, 2.45) is 5.16 Å². The Morgan fingerprint density at radius 2 is 1.70 bits per heavy atom. The lowest BCUT2D eigenvalue weighted by Gasteiger charge is -2.23. The number of nitrogens with zero attached hydrogens (tertiary/aromatic N) is 1. The number of fused-ring (bicyclic) bond motifs is 5. The molecule has 0 radical (unpaired) electrons. The highest BCUT2D eigenvalue weighted by Gasteiger charge is 2.62. The summed E-state index contributed by atoms with van der Waals surface area (Å²) in [7, 11) is 1.12. The van der Waals surface area contributed by atoms with Gasteiger partial charge in [-0.3, -0.25) is 24.0 Å². The maximum Gasteiger partial charge on any atom is 0.260 e. The topological polar surface area (TPSA) is 193 Å². The summed E-state index contributed by atoms with van der Waals surface area (Å²) in [6.45, 7) is -0.0446. The van der Waals surface area contributed by atoms with Crippen LogP contribution in [0.3, 0.4) is 0 Å². The Balaban J connectivity index is 1.33. The number of hydrogen-bond acceptors (Lipinski definition) is 11. The van der Waals surface area contributed by atoms with E-state index in [0.29, 0.717) is 15.6 Å². The standard InChI is InChI=1S/C33H20BrFN2O10/c1-46-18-9-17(38)20-21(26(18)39)28(41)23-22(27(20)40)30(43)33(31(23)44)6-5-15-24(33)29(42)19-16(25(15)34)8-14(37-32(19)45)10-36-47-11-12-3-2-4-13(35)7-12/h2-4,7-10,40-42H,5-6,11H2,1H3,(H,37,45)/b36-10+/t33-/m0/s1. The zero-order valence-corrected chi connectivity index (χ0v) is 25.7. The molecular formula is C33H20BrFN2O10. The number of methoxy groups -OCH3 is 1. The molecule has 0 amide bonds. The van der Waals surface area contributed by atoms with E-state index >= 15 is 0 Å². The number of phenols is 3. The van der Waals surface area contributed by atoms with Gasteiger partial charge in [-0.15, -0.1) is 0 Å². The molecule has 1 aromatic heterocycles. The van der Waals surface area contributed by atoms with Crippen LogP contribution in [-0.4, -0.2) is 56.8 Å². The Bertz CT molecular complexity index is 2310. The largest absolute Gasteiger partial charge is 0.507 e. The van der Waals surface area contributed by atoms with Gasteiger partial charge in [-0.25, -0.2) is 4.39 Å². The molecule has 3 aliphatic rings. The van der Waals surface area contributed by atoms with Crippen LogP contribution in [-0.2, 0) is 28.0 Å². The number of Topliss-reactive ketones (excluding diaryl/α,β-unsaturated/α-hetero) is 3. The Kier molecular flexibility index (Phi) is 6.68. The predicted octanol–water partition coefficient (Wildman–Crippen LogP) is 4.27. The number of oxime groups is 1. The van der Waals surface area contributed by atoms with Gasteiger partial charge in [-0.1, -0.05) is 17.3 Å². The lowest BCUT2D eigenvalue weighted by molar-refractivity contribution is 0.0790. The quantitative estimate of drug-likeness (QED) is 0.101. The molecule has 4 aromatic rings.